The van der Waals surface area contributed by atoms with E-state index in [9.17, 15) is 14.0 Å². The van der Waals surface area contributed by atoms with Crippen molar-refractivity contribution in [3.8, 4) is 11.3 Å². The van der Waals surface area contributed by atoms with Gasteiger partial charge in [-0.05, 0) is 43.3 Å². The summed E-state index contributed by atoms with van der Waals surface area (Å²) in [6, 6.07) is 9.50. The summed E-state index contributed by atoms with van der Waals surface area (Å²) >= 11 is 2.48. The minimum absolute atomic E-state index is 0.0744. The lowest BCUT2D eigenvalue weighted by Gasteiger charge is -2.03. The van der Waals surface area contributed by atoms with Crippen molar-refractivity contribution in [2.24, 2.45) is 0 Å². The first kappa shape index (κ1) is 20.9. The quantitative estimate of drug-likeness (QED) is 0.429. The van der Waals surface area contributed by atoms with Crippen molar-refractivity contribution >= 4 is 40.1 Å². The molecule has 0 saturated heterocycles. The van der Waals surface area contributed by atoms with Gasteiger partial charge in [0.05, 0.1) is 30.2 Å². The van der Waals surface area contributed by atoms with E-state index in [0.29, 0.717) is 28.2 Å². The molecule has 0 saturated carbocycles. The number of benzene rings is 1. The average molecular weight is 433 g/mol. The van der Waals surface area contributed by atoms with E-state index in [1.807, 2.05) is 0 Å². The number of nitrogens with one attached hydrogen (secondary N) is 1. The molecule has 0 aliphatic heterocycles. The van der Waals surface area contributed by atoms with Crippen LogP contribution in [-0.4, -0.2) is 39.4 Å². The van der Waals surface area contributed by atoms with Gasteiger partial charge in [0.1, 0.15) is 10.8 Å². The molecule has 10 heteroatoms. The number of carbonyl (C=O) groups excluding carboxylic acids is 2. The molecule has 29 heavy (non-hydrogen) atoms. The molecule has 150 valence electrons. The van der Waals surface area contributed by atoms with Gasteiger partial charge >= 0.3 is 5.97 Å². The highest BCUT2D eigenvalue weighted by Gasteiger charge is 2.11. The first-order chi connectivity index (χ1) is 14.0. The molecule has 0 unspecified atom stereocenters. The third-order valence-electron chi connectivity index (χ3n) is 3.56. The number of esters is 1. The third-order valence-corrected chi connectivity index (χ3v) is 5.29. The topological polar surface area (TPSA) is 94.1 Å². The molecular formula is C19H17FN4O3S2. The van der Waals surface area contributed by atoms with Crippen LogP contribution in [0.15, 0.2) is 46.8 Å². The zero-order valence-electron chi connectivity index (χ0n) is 15.4. The number of rotatable bonds is 8. The maximum absolute atomic E-state index is 13.0. The fourth-order valence-electron chi connectivity index (χ4n) is 2.27. The van der Waals surface area contributed by atoms with Crippen molar-refractivity contribution in [1.29, 1.82) is 0 Å². The molecule has 7 nitrogen and oxygen atoms in total. The Bertz CT molecular complexity index is 978. The molecule has 0 atom stereocenters. The van der Waals surface area contributed by atoms with E-state index in [-0.39, 0.29) is 29.9 Å². The second kappa shape index (κ2) is 10.1. The monoisotopic (exact) mass is 432 g/mol. The van der Waals surface area contributed by atoms with E-state index in [2.05, 4.69) is 20.5 Å². The summed E-state index contributed by atoms with van der Waals surface area (Å²) in [5.74, 6) is -0.768. The number of thioether (sulfide) groups is 1. The van der Waals surface area contributed by atoms with E-state index in [1.54, 1.807) is 36.6 Å². The van der Waals surface area contributed by atoms with Crippen molar-refractivity contribution in [3.05, 3.63) is 53.3 Å². The number of carbonyl (C=O) groups is 2. The Hall–Kier alpha value is -2.85. The zero-order chi connectivity index (χ0) is 20.6. The van der Waals surface area contributed by atoms with Crippen LogP contribution in [0.25, 0.3) is 11.3 Å². The van der Waals surface area contributed by atoms with Crippen LogP contribution in [-0.2, 0) is 20.7 Å². The van der Waals surface area contributed by atoms with Gasteiger partial charge in [-0.25, -0.2) is 9.37 Å². The van der Waals surface area contributed by atoms with Crippen LogP contribution in [0.5, 0.6) is 0 Å². The number of halogens is 1. The van der Waals surface area contributed by atoms with Crippen LogP contribution in [0.3, 0.4) is 0 Å². The molecule has 3 aromatic rings. The molecule has 0 spiro atoms. The van der Waals surface area contributed by atoms with Gasteiger partial charge in [-0.3, -0.25) is 9.59 Å². The van der Waals surface area contributed by atoms with Crippen LogP contribution in [0.1, 0.15) is 12.6 Å². The smallest absolute Gasteiger partial charge is 0.311 e. The molecule has 0 aliphatic carbocycles. The van der Waals surface area contributed by atoms with Crippen molar-refractivity contribution in [2.75, 3.05) is 17.7 Å². The molecule has 0 aliphatic rings. The molecule has 2 aromatic heterocycles. The van der Waals surface area contributed by atoms with Gasteiger partial charge in [-0.2, -0.15) is 0 Å². The van der Waals surface area contributed by atoms with Crippen molar-refractivity contribution in [3.63, 3.8) is 0 Å². The van der Waals surface area contributed by atoms with E-state index < -0.39 is 0 Å². The van der Waals surface area contributed by atoms with Gasteiger partial charge in [-0.15, -0.1) is 21.5 Å². The maximum atomic E-state index is 13.0. The molecule has 2 heterocycles. The molecule has 0 radical (unpaired) electrons. The fourth-order valence-corrected chi connectivity index (χ4v) is 3.61. The van der Waals surface area contributed by atoms with Crippen LogP contribution < -0.4 is 5.32 Å². The molecule has 0 fully saturated rings. The first-order valence-electron chi connectivity index (χ1n) is 8.66. The average Bonchev–Trinajstić information content (AvgIpc) is 3.14. The van der Waals surface area contributed by atoms with Crippen LogP contribution in [0, 0.1) is 5.82 Å². The summed E-state index contributed by atoms with van der Waals surface area (Å²) < 4.78 is 17.9. The predicted molar refractivity (Wildman–Crippen MR) is 109 cm³/mol. The number of ether oxygens (including phenoxy) is 1. The Morgan fingerprint density at radius 2 is 1.97 bits per heavy atom. The number of hydrogen-bond donors (Lipinski definition) is 1. The summed E-state index contributed by atoms with van der Waals surface area (Å²) in [7, 11) is 0. The Labute approximate surface area is 174 Å². The van der Waals surface area contributed by atoms with E-state index in [0.717, 1.165) is 5.56 Å². The number of amides is 1. The molecule has 0 bridgehead atoms. The minimum Gasteiger partial charge on any atom is -0.466 e. The normalized spacial score (nSPS) is 10.6. The fraction of sp³-hybridized carbons (Fsp3) is 0.211. The SMILES string of the molecule is CCOC(=O)Cc1csc(NC(=O)CSc2ccc(-c3ccc(F)cc3)nn2)n1. The second-order valence-electron chi connectivity index (χ2n) is 5.73. The lowest BCUT2D eigenvalue weighted by atomic mass is 10.1. The molecule has 3 rings (SSSR count). The van der Waals surface area contributed by atoms with Gasteiger partial charge in [0, 0.05) is 10.9 Å². The number of nitrogens with zero attached hydrogens (tertiary/aromatic N) is 3. The lowest BCUT2D eigenvalue weighted by Crippen LogP contribution is -2.14. The lowest BCUT2D eigenvalue weighted by molar-refractivity contribution is -0.142. The van der Waals surface area contributed by atoms with Gasteiger partial charge in [0.15, 0.2) is 5.13 Å². The summed E-state index contributed by atoms with van der Waals surface area (Å²) in [6.07, 6.45) is 0.0744. The van der Waals surface area contributed by atoms with Gasteiger partial charge in [0.25, 0.3) is 0 Å². The van der Waals surface area contributed by atoms with E-state index >= 15 is 0 Å². The standard InChI is InChI=1S/C19H17FN4O3S2/c1-2-27-18(26)9-14-10-29-19(21-14)22-16(25)11-28-17-8-7-15(23-24-17)12-3-5-13(20)6-4-12/h3-8,10H,2,9,11H2,1H3,(H,21,22,25). The first-order valence-corrected chi connectivity index (χ1v) is 10.5. The van der Waals surface area contributed by atoms with Gasteiger partial charge in [-0.1, -0.05) is 11.8 Å². The number of anilines is 1. The van der Waals surface area contributed by atoms with Crippen molar-refractivity contribution < 1.29 is 18.7 Å². The highest BCUT2D eigenvalue weighted by Crippen LogP contribution is 2.21. The van der Waals surface area contributed by atoms with E-state index in [1.165, 1.54) is 35.2 Å². The zero-order valence-corrected chi connectivity index (χ0v) is 17.1. The molecule has 1 amide bonds. The molecular weight excluding hydrogens is 415 g/mol. The molecule has 1 N–H and O–H groups in total. The third kappa shape index (κ3) is 6.33. The van der Waals surface area contributed by atoms with E-state index in [4.69, 9.17) is 4.74 Å². The Morgan fingerprint density at radius 3 is 2.66 bits per heavy atom. The summed E-state index contributed by atoms with van der Waals surface area (Å²) in [5, 5.41) is 13.6. The summed E-state index contributed by atoms with van der Waals surface area (Å²) in [6.45, 7) is 2.06. The number of aromatic nitrogens is 3. The summed E-state index contributed by atoms with van der Waals surface area (Å²) in [5.41, 5.74) is 1.94. The highest BCUT2D eigenvalue weighted by molar-refractivity contribution is 7.99. The maximum Gasteiger partial charge on any atom is 0.311 e. The van der Waals surface area contributed by atoms with Crippen LogP contribution >= 0.6 is 23.1 Å². The number of thiazole rings is 1. The Morgan fingerprint density at radius 1 is 1.17 bits per heavy atom. The largest absolute Gasteiger partial charge is 0.466 e. The summed E-state index contributed by atoms with van der Waals surface area (Å²) in [4.78, 5) is 27.8. The Balaban J connectivity index is 1.48. The van der Waals surface area contributed by atoms with Crippen molar-refractivity contribution in [2.45, 2.75) is 18.4 Å². The second-order valence-corrected chi connectivity index (χ2v) is 7.58. The van der Waals surface area contributed by atoms with Gasteiger partial charge in [0.2, 0.25) is 5.91 Å². The predicted octanol–water partition coefficient (Wildman–Crippen LogP) is 3.58. The number of hydrogen-bond acceptors (Lipinski definition) is 8. The molecule has 1 aromatic carbocycles. The van der Waals surface area contributed by atoms with Crippen molar-refractivity contribution in [1.82, 2.24) is 15.2 Å². The van der Waals surface area contributed by atoms with Gasteiger partial charge < -0.3 is 10.1 Å². The van der Waals surface area contributed by atoms with Crippen LogP contribution in [0.2, 0.25) is 0 Å². The Kier molecular flexibility index (Phi) is 7.25. The highest BCUT2D eigenvalue weighted by atomic mass is 32.2. The van der Waals surface area contributed by atoms with Crippen LogP contribution in [0.4, 0.5) is 9.52 Å². The minimum atomic E-state index is -0.353.